The van der Waals surface area contributed by atoms with Gasteiger partial charge in [-0.2, -0.15) is 8.42 Å². The third-order valence-corrected chi connectivity index (χ3v) is 1.52. The van der Waals surface area contributed by atoms with Gasteiger partial charge in [-0.05, 0) is 6.92 Å². The molecule has 0 atom stereocenters. The SMILES string of the molecule is Cc1cc(S(=O)(=O)F)on1. The highest BCUT2D eigenvalue weighted by molar-refractivity contribution is 7.86. The molecule has 0 unspecified atom stereocenters. The van der Waals surface area contributed by atoms with E-state index in [1.54, 1.807) is 0 Å². The Morgan fingerprint density at radius 1 is 1.70 bits per heavy atom. The van der Waals surface area contributed by atoms with Gasteiger partial charge < -0.3 is 4.52 Å². The van der Waals surface area contributed by atoms with E-state index in [1.165, 1.54) is 6.92 Å². The van der Waals surface area contributed by atoms with Crippen LogP contribution in [-0.4, -0.2) is 13.6 Å². The summed E-state index contributed by atoms with van der Waals surface area (Å²) < 4.78 is 36.2. The smallest absolute Gasteiger partial charge is 0.341 e. The number of rotatable bonds is 1. The molecule has 0 aliphatic heterocycles. The van der Waals surface area contributed by atoms with Crippen molar-refractivity contribution in [3.05, 3.63) is 11.8 Å². The van der Waals surface area contributed by atoms with Crippen molar-refractivity contribution in [2.45, 2.75) is 12.0 Å². The number of halogens is 1. The second-order valence-corrected chi connectivity index (χ2v) is 3.00. The molecule has 0 saturated heterocycles. The van der Waals surface area contributed by atoms with Gasteiger partial charge in [0.1, 0.15) is 0 Å². The lowest BCUT2D eigenvalue weighted by Crippen LogP contribution is -1.87. The van der Waals surface area contributed by atoms with Crippen molar-refractivity contribution in [2.24, 2.45) is 0 Å². The molecule has 1 rings (SSSR count). The highest BCUT2D eigenvalue weighted by Gasteiger charge is 2.17. The molecular weight excluding hydrogens is 161 g/mol. The van der Waals surface area contributed by atoms with Crippen molar-refractivity contribution in [3.8, 4) is 0 Å². The fourth-order valence-corrected chi connectivity index (χ4v) is 0.893. The summed E-state index contributed by atoms with van der Waals surface area (Å²) in [4.78, 5) is 0. The maximum atomic E-state index is 12.0. The summed E-state index contributed by atoms with van der Waals surface area (Å²) in [5, 5.41) is 2.44. The van der Waals surface area contributed by atoms with Crippen LogP contribution in [0.15, 0.2) is 15.7 Å². The van der Waals surface area contributed by atoms with Crippen LogP contribution in [0.4, 0.5) is 3.89 Å². The lowest BCUT2D eigenvalue weighted by atomic mass is 10.5. The molecule has 0 fully saturated rings. The number of aryl methyl sites for hydroxylation is 1. The van der Waals surface area contributed by atoms with Crippen LogP contribution < -0.4 is 0 Å². The van der Waals surface area contributed by atoms with Gasteiger partial charge in [-0.3, -0.25) is 0 Å². The first-order valence-electron chi connectivity index (χ1n) is 2.38. The van der Waals surface area contributed by atoms with Crippen LogP contribution in [0.2, 0.25) is 0 Å². The van der Waals surface area contributed by atoms with E-state index in [1.807, 2.05) is 0 Å². The minimum atomic E-state index is -4.71. The molecule has 0 aromatic carbocycles. The molecule has 0 radical (unpaired) electrons. The first kappa shape index (κ1) is 7.20. The van der Waals surface area contributed by atoms with Crippen molar-refractivity contribution in [3.63, 3.8) is 0 Å². The van der Waals surface area contributed by atoms with E-state index in [9.17, 15) is 12.3 Å². The van der Waals surface area contributed by atoms with Gasteiger partial charge in [-0.25, -0.2) is 0 Å². The van der Waals surface area contributed by atoms with Crippen molar-refractivity contribution >= 4 is 10.2 Å². The maximum absolute atomic E-state index is 12.0. The number of hydrogen-bond donors (Lipinski definition) is 0. The fourth-order valence-electron chi connectivity index (χ4n) is 0.455. The zero-order valence-corrected chi connectivity index (χ0v) is 5.85. The summed E-state index contributed by atoms with van der Waals surface area (Å²) in [6.45, 7) is 1.50. The van der Waals surface area contributed by atoms with Crippen LogP contribution in [-0.2, 0) is 10.2 Å². The second-order valence-electron chi connectivity index (χ2n) is 1.73. The highest BCUT2D eigenvalue weighted by atomic mass is 32.3. The third kappa shape index (κ3) is 1.32. The van der Waals surface area contributed by atoms with E-state index in [0.717, 1.165) is 6.07 Å². The Hall–Kier alpha value is -0.910. The Balaban J connectivity index is 3.21. The van der Waals surface area contributed by atoms with Crippen molar-refractivity contribution in [2.75, 3.05) is 0 Å². The summed E-state index contributed by atoms with van der Waals surface area (Å²) in [6.07, 6.45) is 0. The van der Waals surface area contributed by atoms with Crippen molar-refractivity contribution in [1.29, 1.82) is 0 Å². The minimum absolute atomic E-state index is 0.330. The molecule has 1 aromatic heterocycles. The van der Waals surface area contributed by atoms with Gasteiger partial charge in [0.05, 0.1) is 5.69 Å². The molecule has 1 aromatic rings. The van der Waals surface area contributed by atoms with Gasteiger partial charge in [0.25, 0.3) is 5.09 Å². The summed E-state index contributed by atoms with van der Waals surface area (Å²) in [5.41, 5.74) is 0.330. The normalized spacial score (nSPS) is 11.8. The predicted octanol–water partition coefficient (Wildman–Crippen LogP) is 0.641. The standard InChI is InChI=1S/C4H4FNO3S/c1-3-2-4(9-6-3)10(5,7)8/h2H,1H3. The van der Waals surface area contributed by atoms with Gasteiger partial charge >= 0.3 is 10.2 Å². The second kappa shape index (κ2) is 2.05. The number of aromatic nitrogens is 1. The topological polar surface area (TPSA) is 60.2 Å². The monoisotopic (exact) mass is 165 g/mol. The molecule has 0 aliphatic rings. The average Bonchev–Trinajstić information content (AvgIpc) is 2.11. The van der Waals surface area contributed by atoms with E-state index in [4.69, 9.17) is 0 Å². The van der Waals surface area contributed by atoms with E-state index in [2.05, 4.69) is 9.68 Å². The van der Waals surface area contributed by atoms with Crippen molar-refractivity contribution in [1.82, 2.24) is 5.16 Å². The van der Waals surface area contributed by atoms with E-state index in [0.29, 0.717) is 5.69 Å². The van der Waals surface area contributed by atoms with Crippen LogP contribution in [0.3, 0.4) is 0 Å². The van der Waals surface area contributed by atoms with Crippen LogP contribution in [0, 0.1) is 6.92 Å². The minimum Gasteiger partial charge on any atom is -0.341 e. The Bertz CT molecular complexity index is 328. The third-order valence-electron chi connectivity index (χ3n) is 0.847. The van der Waals surface area contributed by atoms with Crippen molar-refractivity contribution < 1.29 is 16.8 Å². The van der Waals surface area contributed by atoms with Crippen LogP contribution in [0.1, 0.15) is 5.69 Å². The number of nitrogens with zero attached hydrogens (tertiary/aromatic N) is 1. The lowest BCUT2D eigenvalue weighted by Gasteiger charge is -1.79. The molecule has 0 amide bonds. The molecule has 10 heavy (non-hydrogen) atoms. The zero-order valence-electron chi connectivity index (χ0n) is 5.04. The lowest BCUT2D eigenvalue weighted by molar-refractivity contribution is 0.330. The largest absolute Gasteiger partial charge is 0.368 e. The zero-order chi connectivity index (χ0) is 7.78. The van der Waals surface area contributed by atoms with E-state index >= 15 is 0 Å². The maximum Gasteiger partial charge on any atom is 0.368 e. The number of hydrogen-bond acceptors (Lipinski definition) is 4. The first-order valence-corrected chi connectivity index (χ1v) is 3.76. The Labute approximate surface area is 56.8 Å². The first-order chi connectivity index (χ1) is 4.50. The molecule has 0 bridgehead atoms. The Morgan fingerprint density at radius 2 is 2.30 bits per heavy atom. The molecular formula is C4H4FNO3S. The summed E-state index contributed by atoms with van der Waals surface area (Å²) in [5.74, 6) is 0. The molecule has 56 valence electrons. The molecule has 6 heteroatoms. The Morgan fingerprint density at radius 3 is 2.50 bits per heavy atom. The van der Waals surface area contributed by atoms with Gasteiger partial charge in [-0.1, -0.05) is 9.04 Å². The van der Waals surface area contributed by atoms with Gasteiger partial charge in [0.2, 0.25) is 0 Å². The molecule has 0 N–H and O–H groups in total. The average molecular weight is 165 g/mol. The summed E-state index contributed by atoms with van der Waals surface area (Å²) in [6, 6.07) is 1.01. The van der Waals surface area contributed by atoms with Gasteiger partial charge in [-0.15, -0.1) is 0 Å². The molecule has 1 heterocycles. The summed E-state index contributed by atoms with van der Waals surface area (Å²) >= 11 is 0. The predicted molar refractivity (Wildman–Crippen MR) is 29.5 cm³/mol. The van der Waals surface area contributed by atoms with Gasteiger partial charge in [0, 0.05) is 6.07 Å². The molecule has 4 nitrogen and oxygen atoms in total. The molecule has 0 aliphatic carbocycles. The molecule has 0 saturated carbocycles. The fraction of sp³-hybridized carbons (Fsp3) is 0.250. The summed E-state index contributed by atoms with van der Waals surface area (Å²) in [7, 11) is -4.71. The van der Waals surface area contributed by atoms with Crippen LogP contribution in [0.5, 0.6) is 0 Å². The van der Waals surface area contributed by atoms with E-state index in [-0.39, 0.29) is 0 Å². The van der Waals surface area contributed by atoms with Crippen LogP contribution >= 0.6 is 0 Å². The van der Waals surface area contributed by atoms with Crippen LogP contribution in [0.25, 0.3) is 0 Å². The Kier molecular flexibility index (Phi) is 1.47. The molecule has 0 spiro atoms. The quantitative estimate of drug-likeness (QED) is 0.573. The van der Waals surface area contributed by atoms with E-state index < -0.39 is 15.3 Å². The van der Waals surface area contributed by atoms with Gasteiger partial charge in [0.15, 0.2) is 0 Å². The highest BCUT2D eigenvalue weighted by Crippen LogP contribution is 2.11.